The molecule has 74 valence electrons. The molecular formula is C10H6ClN3S. The van der Waals surface area contributed by atoms with Crippen LogP contribution >= 0.6 is 22.9 Å². The molecular weight excluding hydrogens is 230 g/mol. The second-order valence-corrected chi connectivity index (χ2v) is 4.50. The van der Waals surface area contributed by atoms with Crippen LogP contribution in [0.2, 0.25) is 4.34 Å². The molecule has 0 saturated carbocycles. The number of nitriles is 1. The number of rotatable bonds is 1. The van der Waals surface area contributed by atoms with Crippen LogP contribution < -0.4 is 5.73 Å². The fourth-order valence-corrected chi connectivity index (χ4v) is 2.17. The Morgan fingerprint density at radius 1 is 1.33 bits per heavy atom. The molecule has 1 aromatic heterocycles. The van der Waals surface area contributed by atoms with E-state index in [0.29, 0.717) is 20.7 Å². The maximum atomic E-state index is 8.65. The van der Waals surface area contributed by atoms with Crippen molar-refractivity contribution < 1.29 is 0 Å². The van der Waals surface area contributed by atoms with Gasteiger partial charge in [0.2, 0.25) is 0 Å². The van der Waals surface area contributed by atoms with Crippen molar-refractivity contribution in [2.24, 2.45) is 0 Å². The zero-order valence-corrected chi connectivity index (χ0v) is 9.14. The van der Waals surface area contributed by atoms with Gasteiger partial charge < -0.3 is 5.73 Å². The summed E-state index contributed by atoms with van der Waals surface area (Å²) in [6.45, 7) is 0. The highest BCUT2D eigenvalue weighted by Gasteiger charge is 2.09. The molecule has 0 radical (unpaired) electrons. The number of nitrogens with zero attached hydrogens (tertiary/aromatic N) is 2. The summed E-state index contributed by atoms with van der Waals surface area (Å²) >= 11 is 7.21. The lowest BCUT2D eigenvalue weighted by Gasteiger charge is -1.96. The number of halogens is 1. The van der Waals surface area contributed by atoms with E-state index in [1.165, 1.54) is 11.3 Å². The number of nitrogen functional groups attached to an aromatic ring is 1. The number of thiazole rings is 1. The Labute approximate surface area is 95.7 Å². The summed E-state index contributed by atoms with van der Waals surface area (Å²) in [6.07, 6.45) is 0. The van der Waals surface area contributed by atoms with Crippen molar-refractivity contribution in [1.82, 2.24) is 4.98 Å². The Morgan fingerprint density at radius 3 is 2.47 bits per heavy atom. The fourth-order valence-electron chi connectivity index (χ4n) is 1.20. The van der Waals surface area contributed by atoms with Crippen molar-refractivity contribution in [1.29, 1.82) is 5.26 Å². The first-order chi connectivity index (χ1) is 7.20. The lowest BCUT2D eigenvalue weighted by molar-refractivity contribution is 1.40. The summed E-state index contributed by atoms with van der Waals surface area (Å²) < 4.78 is 0.567. The molecule has 0 atom stereocenters. The molecule has 2 N–H and O–H groups in total. The Kier molecular flexibility index (Phi) is 2.58. The van der Waals surface area contributed by atoms with Crippen molar-refractivity contribution in [2.75, 3.05) is 5.73 Å². The van der Waals surface area contributed by atoms with E-state index in [1.54, 1.807) is 24.3 Å². The third kappa shape index (κ3) is 1.94. The van der Waals surface area contributed by atoms with E-state index in [4.69, 9.17) is 22.6 Å². The number of hydrogen-bond acceptors (Lipinski definition) is 4. The summed E-state index contributed by atoms with van der Waals surface area (Å²) in [7, 11) is 0. The largest absolute Gasteiger partial charge is 0.375 e. The third-order valence-electron chi connectivity index (χ3n) is 1.89. The van der Waals surface area contributed by atoms with Gasteiger partial charge in [0, 0.05) is 5.56 Å². The minimum atomic E-state index is 0.444. The Morgan fingerprint density at radius 2 is 2.00 bits per heavy atom. The zero-order chi connectivity index (χ0) is 10.8. The van der Waals surface area contributed by atoms with Gasteiger partial charge in [-0.2, -0.15) is 5.26 Å². The normalized spacial score (nSPS) is 9.87. The molecule has 0 aliphatic carbocycles. The minimum Gasteiger partial charge on any atom is -0.375 e. The standard InChI is InChI=1S/C10H6ClN3S/c11-9-8(14-10(13)15-9)7-3-1-6(5-12)2-4-7/h1-4H,(H2,13,14). The van der Waals surface area contributed by atoms with E-state index in [-0.39, 0.29) is 0 Å². The first kappa shape index (κ1) is 9.97. The molecule has 0 unspecified atom stereocenters. The van der Waals surface area contributed by atoms with Gasteiger partial charge >= 0.3 is 0 Å². The van der Waals surface area contributed by atoms with E-state index in [2.05, 4.69) is 4.98 Å². The van der Waals surface area contributed by atoms with Gasteiger partial charge in [-0.3, -0.25) is 0 Å². The van der Waals surface area contributed by atoms with E-state index < -0.39 is 0 Å². The van der Waals surface area contributed by atoms with Crippen LogP contribution in [0, 0.1) is 11.3 Å². The van der Waals surface area contributed by atoms with Gasteiger partial charge in [-0.1, -0.05) is 35.1 Å². The van der Waals surface area contributed by atoms with Crippen LogP contribution in [0.4, 0.5) is 5.13 Å². The number of nitrogens with two attached hydrogens (primary N) is 1. The van der Waals surface area contributed by atoms with Gasteiger partial charge in [-0.25, -0.2) is 4.98 Å². The van der Waals surface area contributed by atoms with Crippen molar-refractivity contribution in [2.45, 2.75) is 0 Å². The van der Waals surface area contributed by atoms with E-state index >= 15 is 0 Å². The first-order valence-corrected chi connectivity index (χ1v) is 5.32. The molecule has 0 aliphatic heterocycles. The maximum absolute atomic E-state index is 8.65. The molecule has 0 bridgehead atoms. The van der Waals surface area contributed by atoms with Crippen molar-refractivity contribution >= 4 is 28.1 Å². The van der Waals surface area contributed by atoms with E-state index in [9.17, 15) is 0 Å². The molecule has 0 amide bonds. The molecule has 0 fully saturated rings. The fraction of sp³-hybridized carbons (Fsp3) is 0. The Balaban J connectivity index is 2.46. The van der Waals surface area contributed by atoms with Crippen molar-refractivity contribution in [3.63, 3.8) is 0 Å². The van der Waals surface area contributed by atoms with Crippen LogP contribution in [0.1, 0.15) is 5.56 Å². The van der Waals surface area contributed by atoms with E-state index in [0.717, 1.165) is 5.56 Å². The third-order valence-corrected chi connectivity index (χ3v) is 2.97. The molecule has 5 heteroatoms. The number of anilines is 1. The predicted octanol–water partition coefficient (Wildman–Crippen LogP) is 2.92. The monoisotopic (exact) mass is 235 g/mol. The second kappa shape index (κ2) is 3.89. The molecule has 2 rings (SSSR count). The summed E-state index contributed by atoms with van der Waals surface area (Å²) in [5.41, 5.74) is 7.69. The molecule has 1 heterocycles. The number of hydrogen-bond donors (Lipinski definition) is 1. The number of benzene rings is 1. The van der Waals surface area contributed by atoms with Crippen LogP contribution in [0.15, 0.2) is 24.3 Å². The minimum absolute atomic E-state index is 0.444. The average molecular weight is 236 g/mol. The summed E-state index contributed by atoms with van der Waals surface area (Å²) in [5, 5.41) is 9.09. The molecule has 0 saturated heterocycles. The predicted molar refractivity (Wildman–Crippen MR) is 61.7 cm³/mol. The van der Waals surface area contributed by atoms with Gasteiger partial charge in [0.15, 0.2) is 5.13 Å². The SMILES string of the molecule is N#Cc1ccc(-c2nc(N)sc2Cl)cc1. The number of aromatic nitrogens is 1. The van der Waals surface area contributed by atoms with Gasteiger partial charge in [0.25, 0.3) is 0 Å². The molecule has 1 aromatic carbocycles. The second-order valence-electron chi connectivity index (χ2n) is 2.86. The van der Waals surface area contributed by atoms with Crippen LogP contribution in [-0.2, 0) is 0 Å². The van der Waals surface area contributed by atoms with Gasteiger partial charge in [-0.15, -0.1) is 0 Å². The van der Waals surface area contributed by atoms with Crippen molar-refractivity contribution in [3.8, 4) is 17.3 Å². The lowest BCUT2D eigenvalue weighted by Crippen LogP contribution is -1.83. The van der Waals surface area contributed by atoms with Gasteiger partial charge in [0.1, 0.15) is 10.0 Å². The molecule has 2 aromatic rings. The summed E-state index contributed by atoms with van der Waals surface area (Å²) in [6, 6.07) is 9.11. The molecule has 3 nitrogen and oxygen atoms in total. The topological polar surface area (TPSA) is 62.7 Å². The van der Waals surface area contributed by atoms with Crippen LogP contribution in [-0.4, -0.2) is 4.98 Å². The van der Waals surface area contributed by atoms with Crippen LogP contribution in [0.25, 0.3) is 11.3 Å². The lowest BCUT2D eigenvalue weighted by atomic mass is 10.1. The smallest absolute Gasteiger partial charge is 0.182 e. The summed E-state index contributed by atoms with van der Waals surface area (Å²) in [4.78, 5) is 4.12. The Hall–Kier alpha value is -1.57. The molecule has 0 spiro atoms. The highest BCUT2D eigenvalue weighted by Crippen LogP contribution is 2.33. The van der Waals surface area contributed by atoms with E-state index in [1.807, 2.05) is 6.07 Å². The molecule has 0 aliphatic rings. The quantitative estimate of drug-likeness (QED) is 0.827. The van der Waals surface area contributed by atoms with Crippen molar-refractivity contribution in [3.05, 3.63) is 34.2 Å². The first-order valence-electron chi connectivity index (χ1n) is 4.13. The maximum Gasteiger partial charge on any atom is 0.182 e. The van der Waals surface area contributed by atoms with Gasteiger partial charge in [-0.05, 0) is 12.1 Å². The molecule has 15 heavy (non-hydrogen) atoms. The average Bonchev–Trinajstić information content (AvgIpc) is 2.58. The van der Waals surface area contributed by atoms with Crippen LogP contribution in [0.3, 0.4) is 0 Å². The van der Waals surface area contributed by atoms with Gasteiger partial charge in [0.05, 0.1) is 11.6 Å². The highest BCUT2D eigenvalue weighted by molar-refractivity contribution is 7.19. The zero-order valence-electron chi connectivity index (χ0n) is 7.57. The Bertz CT molecular complexity index is 525. The summed E-state index contributed by atoms with van der Waals surface area (Å²) in [5.74, 6) is 0. The highest BCUT2D eigenvalue weighted by atomic mass is 35.5. The van der Waals surface area contributed by atoms with Crippen LogP contribution in [0.5, 0.6) is 0 Å².